The van der Waals surface area contributed by atoms with Gasteiger partial charge in [0.2, 0.25) is 5.91 Å². The van der Waals surface area contributed by atoms with Crippen LogP contribution in [0.1, 0.15) is 23.6 Å². The number of carbonyl (C=O) groups excluding carboxylic acids is 3. The van der Waals surface area contributed by atoms with Crippen molar-refractivity contribution in [1.29, 1.82) is 5.26 Å². The van der Waals surface area contributed by atoms with E-state index in [9.17, 15) is 14.4 Å². The smallest absolute Gasteiger partial charge is 0.325 e. The van der Waals surface area contributed by atoms with Gasteiger partial charge in [0.15, 0.2) is 0 Å². The number of carbonyl (C=O) groups is 3. The van der Waals surface area contributed by atoms with Gasteiger partial charge < -0.3 is 10.6 Å². The number of imide groups is 1. The quantitative estimate of drug-likeness (QED) is 0.783. The van der Waals surface area contributed by atoms with Crippen LogP contribution >= 0.6 is 0 Å². The van der Waals surface area contributed by atoms with Gasteiger partial charge in [-0.3, -0.25) is 14.5 Å². The molecule has 28 heavy (non-hydrogen) atoms. The lowest BCUT2D eigenvalue weighted by molar-refractivity contribution is -0.133. The van der Waals surface area contributed by atoms with Gasteiger partial charge in [0.05, 0.1) is 12.5 Å². The van der Waals surface area contributed by atoms with Gasteiger partial charge in [0.1, 0.15) is 12.1 Å². The molecule has 0 radical (unpaired) electrons. The maximum atomic E-state index is 12.9. The molecule has 7 nitrogen and oxygen atoms in total. The molecule has 0 bridgehead atoms. The van der Waals surface area contributed by atoms with Crippen LogP contribution in [0, 0.1) is 18.3 Å². The molecule has 0 aromatic heterocycles. The van der Waals surface area contributed by atoms with E-state index >= 15 is 0 Å². The maximum absolute atomic E-state index is 12.9. The van der Waals surface area contributed by atoms with E-state index in [1.807, 2.05) is 19.1 Å². The van der Waals surface area contributed by atoms with Crippen LogP contribution in [-0.4, -0.2) is 29.3 Å². The van der Waals surface area contributed by atoms with Gasteiger partial charge >= 0.3 is 6.03 Å². The third-order valence-electron chi connectivity index (χ3n) is 4.73. The molecular weight excluding hydrogens is 356 g/mol. The third-order valence-corrected chi connectivity index (χ3v) is 4.73. The summed E-state index contributed by atoms with van der Waals surface area (Å²) in [5, 5.41) is 14.0. The molecule has 7 heteroatoms. The lowest BCUT2D eigenvalue weighted by Crippen LogP contribution is -2.42. The van der Waals surface area contributed by atoms with Gasteiger partial charge in [-0.05, 0) is 37.1 Å². The topological polar surface area (TPSA) is 102 Å². The molecule has 1 atom stereocenters. The largest absolute Gasteiger partial charge is 0.325 e. The predicted molar refractivity (Wildman–Crippen MR) is 103 cm³/mol. The summed E-state index contributed by atoms with van der Waals surface area (Å²) in [7, 11) is 0. The van der Waals surface area contributed by atoms with Crippen LogP contribution in [-0.2, 0) is 21.5 Å². The van der Waals surface area contributed by atoms with Crippen LogP contribution in [0.25, 0.3) is 0 Å². The lowest BCUT2D eigenvalue weighted by atomic mass is 9.91. The van der Waals surface area contributed by atoms with Crippen LogP contribution in [0.3, 0.4) is 0 Å². The monoisotopic (exact) mass is 376 g/mol. The molecule has 1 aliphatic heterocycles. The molecular formula is C21H20N4O3. The summed E-state index contributed by atoms with van der Waals surface area (Å²) in [4.78, 5) is 38.4. The van der Waals surface area contributed by atoms with Crippen molar-refractivity contribution in [2.24, 2.45) is 0 Å². The van der Waals surface area contributed by atoms with Crippen molar-refractivity contribution in [3.63, 3.8) is 0 Å². The Bertz CT molecular complexity index is 961. The zero-order valence-electron chi connectivity index (χ0n) is 15.7. The molecule has 2 N–H and O–H groups in total. The number of amides is 4. The summed E-state index contributed by atoms with van der Waals surface area (Å²) < 4.78 is 0. The molecule has 1 fully saturated rings. The summed E-state index contributed by atoms with van der Waals surface area (Å²) in [6.07, 6.45) is 0.286. The number of nitrogens with one attached hydrogen (secondary N) is 2. The standard InChI is InChI=1S/C21H20N4O3/c1-14-3-7-16(8-4-14)21(2)19(27)25(20(28)24-21)13-18(26)23-17-9-5-15(6-10-17)11-12-22/h3-10H,11,13H2,1-2H3,(H,23,26)(H,24,28). The summed E-state index contributed by atoms with van der Waals surface area (Å²) in [5.74, 6) is -0.953. The van der Waals surface area contributed by atoms with Crippen LogP contribution in [0.2, 0.25) is 0 Å². The highest BCUT2D eigenvalue weighted by molar-refractivity contribution is 6.10. The number of rotatable bonds is 5. The van der Waals surface area contributed by atoms with E-state index in [1.165, 1.54) is 0 Å². The molecule has 142 valence electrons. The number of urea groups is 1. The fourth-order valence-corrected chi connectivity index (χ4v) is 3.06. The number of hydrogen-bond donors (Lipinski definition) is 2. The summed E-state index contributed by atoms with van der Waals surface area (Å²) in [5.41, 5.74) is 1.86. The number of aryl methyl sites for hydroxylation is 1. The van der Waals surface area contributed by atoms with Gasteiger partial charge in [-0.1, -0.05) is 42.0 Å². The first-order valence-electron chi connectivity index (χ1n) is 8.80. The van der Waals surface area contributed by atoms with Gasteiger partial charge in [-0.25, -0.2) is 4.79 Å². The van der Waals surface area contributed by atoms with Crippen molar-refractivity contribution < 1.29 is 14.4 Å². The molecule has 1 aliphatic rings. The highest BCUT2D eigenvalue weighted by atomic mass is 16.2. The average molecular weight is 376 g/mol. The van der Waals surface area contributed by atoms with Crippen molar-refractivity contribution in [2.45, 2.75) is 25.8 Å². The number of nitriles is 1. The first kappa shape index (κ1) is 19.1. The maximum Gasteiger partial charge on any atom is 0.325 e. The predicted octanol–water partition coefficient (Wildman–Crippen LogP) is 2.47. The summed E-state index contributed by atoms with van der Waals surface area (Å²) in [6, 6.07) is 15.6. The van der Waals surface area contributed by atoms with Crippen molar-refractivity contribution in [3.05, 3.63) is 65.2 Å². The zero-order chi connectivity index (χ0) is 20.3. The van der Waals surface area contributed by atoms with E-state index in [0.717, 1.165) is 16.0 Å². The molecule has 2 aromatic carbocycles. The Morgan fingerprint density at radius 3 is 2.39 bits per heavy atom. The van der Waals surface area contributed by atoms with Crippen molar-refractivity contribution in [3.8, 4) is 6.07 Å². The van der Waals surface area contributed by atoms with Crippen molar-refractivity contribution >= 4 is 23.5 Å². The molecule has 0 saturated carbocycles. The van der Waals surface area contributed by atoms with Gasteiger partial charge in [0.25, 0.3) is 5.91 Å². The Kier molecular flexibility index (Phi) is 5.14. The molecule has 0 spiro atoms. The molecule has 3 rings (SSSR count). The highest BCUT2D eigenvalue weighted by Crippen LogP contribution is 2.29. The van der Waals surface area contributed by atoms with Crippen LogP contribution in [0.15, 0.2) is 48.5 Å². The molecule has 1 heterocycles. The lowest BCUT2D eigenvalue weighted by Gasteiger charge is -2.22. The molecule has 1 unspecified atom stereocenters. The van der Waals surface area contributed by atoms with E-state index in [2.05, 4.69) is 16.7 Å². The third kappa shape index (κ3) is 3.71. The summed E-state index contributed by atoms with van der Waals surface area (Å²) >= 11 is 0. The molecule has 0 aliphatic carbocycles. The average Bonchev–Trinajstić information content (AvgIpc) is 2.88. The van der Waals surface area contributed by atoms with E-state index in [0.29, 0.717) is 11.3 Å². The second-order valence-corrected chi connectivity index (χ2v) is 6.89. The van der Waals surface area contributed by atoms with E-state index in [4.69, 9.17) is 5.26 Å². The molecule has 2 aromatic rings. The Labute approximate surface area is 163 Å². The second-order valence-electron chi connectivity index (χ2n) is 6.89. The zero-order valence-corrected chi connectivity index (χ0v) is 15.7. The van der Waals surface area contributed by atoms with Crippen LogP contribution in [0.5, 0.6) is 0 Å². The molecule has 1 saturated heterocycles. The first-order chi connectivity index (χ1) is 13.3. The number of benzene rings is 2. The van der Waals surface area contributed by atoms with E-state index in [-0.39, 0.29) is 13.0 Å². The number of hydrogen-bond acceptors (Lipinski definition) is 4. The normalized spacial score (nSPS) is 18.5. The minimum atomic E-state index is -1.20. The highest BCUT2D eigenvalue weighted by Gasteiger charge is 2.49. The minimum Gasteiger partial charge on any atom is -0.325 e. The first-order valence-corrected chi connectivity index (χ1v) is 8.80. The SMILES string of the molecule is Cc1ccc(C2(C)NC(=O)N(CC(=O)Nc3ccc(CC#N)cc3)C2=O)cc1. The second kappa shape index (κ2) is 7.53. The van der Waals surface area contributed by atoms with Gasteiger partial charge in [-0.15, -0.1) is 0 Å². The van der Waals surface area contributed by atoms with E-state index in [1.54, 1.807) is 43.3 Å². The minimum absolute atomic E-state index is 0.286. The Morgan fingerprint density at radius 1 is 1.14 bits per heavy atom. The fraction of sp³-hybridized carbons (Fsp3) is 0.238. The summed E-state index contributed by atoms with van der Waals surface area (Å²) in [6.45, 7) is 3.18. The van der Waals surface area contributed by atoms with E-state index < -0.39 is 23.4 Å². The Morgan fingerprint density at radius 2 is 1.79 bits per heavy atom. The van der Waals surface area contributed by atoms with Crippen LogP contribution in [0.4, 0.5) is 10.5 Å². The Balaban J connectivity index is 1.69. The Hall–Kier alpha value is -3.66. The molecule has 4 amide bonds. The van der Waals surface area contributed by atoms with Gasteiger partial charge in [-0.2, -0.15) is 5.26 Å². The van der Waals surface area contributed by atoms with Crippen LogP contribution < -0.4 is 10.6 Å². The van der Waals surface area contributed by atoms with Gasteiger partial charge in [0, 0.05) is 5.69 Å². The number of anilines is 1. The number of nitrogens with zero attached hydrogens (tertiary/aromatic N) is 2. The van der Waals surface area contributed by atoms with Crippen molar-refractivity contribution in [1.82, 2.24) is 10.2 Å². The van der Waals surface area contributed by atoms with Crippen molar-refractivity contribution in [2.75, 3.05) is 11.9 Å². The fourth-order valence-electron chi connectivity index (χ4n) is 3.06.